The van der Waals surface area contributed by atoms with E-state index in [0.717, 1.165) is 0 Å². The summed E-state index contributed by atoms with van der Waals surface area (Å²) in [6.45, 7) is 0. The quantitative estimate of drug-likeness (QED) is 0.289. The highest BCUT2D eigenvalue weighted by molar-refractivity contribution is 5.97. The van der Waals surface area contributed by atoms with E-state index in [1.165, 1.54) is 12.4 Å². The molecule has 100 valence electrons. The van der Waals surface area contributed by atoms with Gasteiger partial charge in [-0.3, -0.25) is 9.59 Å². The third-order valence-corrected chi connectivity index (χ3v) is 2.60. The number of nitrogens with one attached hydrogen (secondary N) is 2. The Labute approximate surface area is 104 Å². The van der Waals surface area contributed by atoms with Gasteiger partial charge in [0.15, 0.2) is 0 Å². The van der Waals surface area contributed by atoms with Gasteiger partial charge in [0, 0.05) is 12.4 Å². The predicted molar refractivity (Wildman–Crippen MR) is 62.9 cm³/mol. The summed E-state index contributed by atoms with van der Waals surface area (Å²) in [5.41, 5.74) is 0. The zero-order valence-corrected chi connectivity index (χ0v) is 9.74. The third-order valence-electron chi connectivity index (χ3n) is 2.60. The van der Waals surface area contributed by atoms with Crippen molar-refractivity contribution in [3.63, 3.8) is 0 Å². The molecular weight excluding hydrogens is 240 g/mol. The van der Waals surface area contributed by atoms with E-state index in [1.54, 1.807) is 0 Å². The maximum atomic E-state index is 11.7. The van der Waals surface area contributed by atoms with Crippen molar-refractivity contribution in [1.82, 2.24) is 10.6 Å². The average Bonchev–Trinajstić information content (AvgIpc) is 2.35. The first-order valence-electron chi connectivity index (χ1n) is 5.61. The van der Waals surface area contributed by atoms with E-state index >= 15 is 0 Å². The van der Waals surface area contributed by atoms with Crippen molar-refractivity contribution in [2.45, 2.75) is 37.8 Å². The van der Waals surface area contributed by atoms with Gasteiger partial charge >= 0.3 is 0 Å². The Morgan fingerprint density at radius 1 is 0.944 bits per heavy atom. The molecule has 0 saturated carbocycles. The van der Waals surface area contributed by atoms with Crippen LogP contribution in [0.1, 0.15) is 25.7 Å². The number of rotatable bonds is 6. The maximum absolute atomic E-state index is 11.7. The Hall–Kier alpha value is -2.12. The van der Waals surface area contributed by atoms with E-state index in [4.69, 9.17) is 10.4 Å². The van der Waals surface area contributed by atoms with Crippen LogP contribution in [-0.4, -0.2) is 46.7 Å². The van der Waals surface area contributed by atoms with Crippen LogP contribution in [0.5, 0.6) is 0 Å². The van der Waals surface area contributed by atoms with Gasteiger partial charge in [0.2, 0.25) is 11.8 Å². The summed E-state index contributed by atoms with van der Waals surface area (Å²) >= 11 is 0. The van der Waals surface area contributed by atoms with Crippen molar-refractivity contribution in [2.75, 3.05) is 0 Å². The molecule has 0 bridgehead atoms. The number of amides is 2. The SMILES string of the molecule is O=C1NC(CC/C=N/O)C(=O)NC1CC/C=N/O. The largest absolute Gasteiger partial charge is 0.411 e. The van der Waals surface area contributed by atoms with Gasteiger partial charge in [0.25, 0.3) is 0 Å². The Morgan fingerprint density at radius 2 is 1.33 bits per heavy atom. The molecule has 1 aliphatic heterocycles. The monoisotopic (exact) mass is 256 g/mol. The molecular formula is C10H16N4O4. The van der Waals surface area contributed by atoms with Crippen LogP contribution in [0.25, 0.3) is 0 Å². The lowest BCUT2D eigenvalue weighted by Crippen LogP contribution is -2.61. The van der Waals surface area contributed by atoms with Crippen LogP contribution in [-0.2, 0) is 9.59 Å². The Bertz CT molecular complexity index is 322. The van der Waals surface area contributed by atoms with Gasteiger partial charge in [-0.1, -0.05) is 0 Å². The van der Waals surface area contributed by atoms with Gasteiger partial charge in [0.1, 0.15) is 12.1 Å². The molecule has 1 heterocycles. The Kier molecular flexibility index (Phi) is 5.62. The fraction of sp³-hybridized carbons (Fsp3) is 0.600. The van der Waals surface area contributed by atoms with E-state index in [2.05, 4.69) is 20.9 Å². The van der Waals surface area contributed by atoms with Gasteiger partial charge < -0.3 is 21.0 Å². The number of oxime groups is 2. The van der Waals surface area contributed by atoms with Gasteiger partial charge in [-0.15, -0.1) is 10.3 Å². The molecule has 0 radical (unpaired) electrons. The minimum absolute atomic E-state index is 0.258. The fourth-order valence-corrected chi connectivity index (χ4v) is 1.68. The van der Waals surface area contributed by atoms with Crippen LogP contribution < -0.4 is 10.6 Å². The summed E-state index contributed by atoms with van der Waals surface area (Å²) < 4.78 is 0. The number of carbonyl (C=O) groups excluding carboxylic acids is 2. The summed E-state index contributed by atoms with van der Waals surface area (Å²) in [4.78, 5) is 23.3. The number of hydrogen-bond acceptors (Lipinski definition) is 6. The number of carbonyl (C=O) groups is 2. The molecule has 1 rings (SSSR count). The standard InChI is InChI=1S/C10H16N4O4/c15-9-7(3-1-5-11-17)13-10(16)8(14-9)4-2-6-12-18/h5-8,17-18H,1-4H2,(H,13,16)(H,14,15)/b11-5+,12-6+. The summed E-state index contributed by atoms with van der Waals surface area (Å²) in [5, 5.41) is 27.3. The fourth-order valence-electron chi connectivity index (χ4n) is 1.68. The minimum Gasteiger partial charge on any atom is -0.411 e. The predicted octanol–water partition coefficient (Wildman–Crippen LogP) is -0.550. The first-order valence-corrected chi connectivity index (χ1v) is 5.61. The lowest BCUT2D eigenvalue weighted by atomic mass is 10.0. The molecule has 0 aromatic heterocycles. The summed E-state index contributed by atoms with van der Waals surface area (Å²) in [6, 6.07) is -1.20. The molecule has 0 aromatic rings. The minimum atomic E-state index is -0.599. The second kappa shape index (κ2) is 7.25. The molecule has 2 amide bonds. The molecule has 0 aliphatic carbocycles. The van der Waals surface area contributed by atoms with Crippen LogP contribution in [0.15, 0.2) is 10.3 Å². The van der Waals surface area contributed by atoms with Crippen molar-refractivity contribution in [1.29, 1.82) is 0 Å². The van der Waals surface area contributed by atoms with Gasteiger partial charge in [-0.2, -0.15) is 0 Å². The van der Waals surface area contributed by atoms with Crippen molar-refractivity contribution < 1.29 is 20.0 Å². The molecule has 8 nitrogen and oxygen atoms in total. The van der Waals surface area contributed by atoms with Crippen LogP contribution in [0.4, 0.5) is 0 Å². The van der Waals surface area contributed by atoms with E-state index < -0.39 is 12.1 Å². The highest BCUT2D eigenvalue weighted by atomic mass is 16.4. The molecule has 1 saturated heterocycles. The maximum Gasteiger partial charge on any atom is 0.243 e. The second-order valence-electron chi connectivity index (χ2n) is 3.87. The van der Waals surface area contributed by atoms with Crippen LogP contribution in [0.3, 0.4) is 0 Å². The van der Waals surface area contributed by atoms with E-state index in [0.29, 0.717) is 25.7 Å². The normalized spacial score (nSPS) is 24.4. The number of hydrogen-bond donors (Lipinski definition) is 4. The molecule has 0 aromatic carbocycles. The number of piperazine rings is 1. The molecule has 0 spiro atoms. The Balaban J connectivity index is 2.43. The van der Waals surface area contributed by atoms with E-state index in [1.807, 2.05) is 0 Å². The van der Waals surface area contributed by atoms with E-state index in [9.17, 15) is 9.59 Å². The molecule has 4 N–H and O–H groups in total. The highest BCUT2D eigenvalue weighted by Gasteiger charge is 2.32. The highest BCUT2D eigenvalue weighted by Crippen LogP contribution is 2.06. The second-order valence-corrected chi connectivity index (χ2v) is 3.87. The lowest BCUT2D eigenvalue weighted by molar-refractivity contribution is -0.137. The molecule has 2 atom stereocenters. The molecule has 1 fully saturated rings. The van der Waals surface area contributed by atoms with Crippen LogP contribution in [0.2, 0.25) is 0 Å². The van der Waals surface area contributed by atoms with Gasteiger partial charge in [0.05, 0.1) is 0 Å². The van der Waals surface area contributed by atoms with E-state index in [-0.39, 0.29) is 11.8 Å². The third kappa shape index (κ3) is 4.04. The first kappa shape index (κ1) is 13.9. The topological polar surface area (TPSA) is 123 Å². The first-order chi connectivity index (χ1) is 8.69. The summed E-state index contributed by atoms with van der Waals surface area (Å²) in [7, 11) is 0. The summed E-state index contributed by atoms with van der Waals surface area (Å²) in [6.07, 6.45) is 4.10. The van der Waals surface area contributed by atoms with Crippen molar-refractivity contribution in [3.8, 4) is 0 Å². The Morgan fingerprint density at radius 3 is 1.67 bits per heavy atom. The number of nitrogens with zero attached hydrogens (tertiary/aromatic N) is 2. The van der Waals surface area contributed by atoms with Crippen LogP contribution >= 0.6 is 0 Å². The smallest absolute Gasteiger partial charge is 0.243 e. The van der Waals surface area contributed by atoms with Gasteiger partial charge in [-0.05, 0) is 25.7 Å². The van der Waals surface area contributed by atoms with Crippen LogP contribution in [0, 0.1) is 0 Å². The molecule has 18 heavy (non-hydrogen) atoms. The molecule has 8 heteroatoms. The lowest BCUT2D eigenvalue weighted by Gasteiger charge is -2.29. The molecule has 2 unspecified atom stereocenters. The van der Waals surface area contributed by atoms with Crippen molar-refractivity contribution in [3.05, 3.63) is 0 Å². The average molecular weight is 256 g/mol. The summed E-state index contributed by atoms with van der Waals surface area (Å²) in [5.74, 6) is -0.515. The van der Waals surface area contributed by atoms with Crippen molar-refractivity contribution in [2.24, 2.45) is 10.3 Å². The van der Waals surface area contributed by atoms with Gasteiger partial charge in [-0.25, -0.2) is 0 Å². The zero-order chi connectivity index (χ0) is 13.4. The molecule has 1 aliphatic rings. The zero-order valence-electron chi connectivity index (χ0n) is 9.74. The van der Waals surface area contributed by atoms with Crippen molar-refractivity contribution >= 4 is 24.2 Å².